The van der Waals surface area contributed by atoms with Crippen molar-refractivity contribution in [3.8, 4) is 5.75 Å². The molecule has 2 fully saturated rings. The van der Waals surface area contributed by atoms with Crippen molar-refractivity contribution in [2.75, 3.05) is 6.54 Å². The van der Waals surface area contributed by atoms with Crippen molar-refractivity contribution >= 4 is 29.8 Å². The molecule has 0 atom stereocenters. The van der Waals surface area contributed by atoms with E-state index in [0.717, 1.165) is 64.2 Å². The molecule has 2 saturated carbocycles. The van der Waals surface area contributed by atoms with E-state index in [2.05, 4.69) is 16.0 Å². The van der Waals surface area contributed by atoms with Crippen LogP contribution in [0.2, 0.25) is 0 Å². The fourth-order valence-corrected chi connectivity index (χ4v) is 5.33. The Kier molecular flexibility index (Phi) is 10.3. The molecule has 0 spiro atoms. The molecule has 0 aromatic heterocycles. The van der Waals surface area contributed by atoms with Crippen molar-refractivity contribution in [2.45, 2.75) is 76.3 Å². The lowest BCUT2D eigenvalue weighted by atomic mass is 9.93. The second-order valence-electron chi connectivity index (χ2n) is 10.5. The van der Waals surface area contributed by atoms with E-state index in [-0.39, 0.29) is 30.1 Å². The number of aromatic hydroxyl groups is 1. The quantitative estimate of drug-likeness (QED) is 0.363. The molecule has 0 saturated heterocycles. The van der Waals surface area contributed by atoms with Gasteiger partial charge in [0.1, 0.15) is 11.4 Å². The van der Waals surface area contributed by atoms with Crippen molar-refractivity contribution in [3.05, 3.63) is 71.4 Å². The van der Waals surface area contributed by atoms with Gasteiger partial charge < -0.3 is 21.1 Å². The first kappa shape index (κ1) is 28.9. The predicted octanol–water partition coefficient (Wildman–Crippen LogP) is 4.48. The van der Waals surface area contributed by atoms with E-state index < -0.39 is 23.8 Å². The van der Waals surface area contributed by atoms with Crippen LogP contribution in [0, 0.1) is 0 Å². The van der Waals surface area contributed by atoms with Crippen LogP contribution < -0.4 is 16.0 Å². The molecular weight excluding hydrogens is 508 g/mol. The molecule has 2 aromatic rings. The Balaban J connectivity index is 1.47. The summed E-state index contributed by atoms with van der Waals surface area (Å²) in [5.74, 6) is -1.56. The molecule has 212 valence electrons. The molecule has 0 radical (unpaired) electrons. The molecule has 4 rings (SSSR count). The molecule has 2 aromatic carbocycles. The van der Waals surface area contributed by atoms with Crippen molar-refractivity contribution in [2.24, 2.45) is 0 Å². The molecule has 0 heterocycles. The number of carbonyl (C=O) groups excluding carboxylic acids is 4. The Hall–Kier alpha value is -4.14. The van der Waals surface area contributed by atoms with Gasteiger partial charge in [-0.25, -0.2) is 4.79 Å². The molecule has 9 heteroatoms. The van der Waals surface area contributed by atoms with E-state index in [0.29, 0.717) is 11.1 Å². The van der Waals surface area contributed by atoms with Gasteiger partial charge in [-0.3, -0.25) is 19.3 Å². The van der Waals surface area contributed by atoms with E-state index in [1.54, 1.807) is 42.5 Å². The monoisotopic (exact) mass is 546 g/mol. The van der Waals surface area contributed by atoms with Crippen LogP contribution in [0.4, 0.5) is 4.79 Å². The van der Waals surface area contributed by atoms with Crippen LogP contribution in [0.5, 0.6) is 5.75 Å². The third-order valence-electron chi connectivity index (χ3n) is 7.49. The van der Waals surface area contributed by atoms with Gasteiger partial charge in [0.2, 0.25) is 5.91 Å². The molecule has 40 heavy (non-hydrogen) atoms. The van der Waals surface area contributed by atoms with Gasteiger partial charge >= 0.3 is 6.03 Å². The van der Waals surface area contributed by atoms with Crippen LogP contribution in [0.15, 0.2) is 60.3 Å². The van der Waals surface area contributed by atoms with Crippen molar-refractivity contribution in [1.29, 1.82) is 0 Å². The third kappa shape index (κ3) is 8.18. The number of phenolic OH excluding ortho intramolecular Hbond substituents is 1. The maximum absolute atomic E-state index is 13.4. The highest BCUT2D eigenvalue weighted by Crippen LogP contribution is 2.24. The minimum absolute atomic E-state index is 0.0581. The first-order valence-electron chi connectivity index (χ1n) is 14.2. The Morgan fingerprint density at radius 3 is 2.10 bits per heavy atom. The van der Waals surface area contributed by atoms with Gasteiger partial charge in [-0.05, 0) is 61.6 Å². The minimum atomic E-state index is -0.665. The van der Waals surface area contributed by atoms with Crippen LogP contribution in [-0.4, -0.2) is 52.4 Å². The third-order valence-corrected chi connectivity index (χ3v) is 7.49. The van der Waals surface area contributed by atoms with E-state index in [4.69, 9.17) is 0 Å². The zero-order valence-corrected chi connectivity index (χ0v) is 22.7. The average molecular weight is 547 g/mol. The molecular formula is C31H38N4O5. The molecule has 0 unspecified atom stereocenters. The molecule has 2 aliphatic rings. The van der Waals surface area contributed by atoms with E-state index in [1.165, 1.54) is 23.1 Å². The van der Waals surface area contributed by atoms with Gasteiger partial charge in [-0.1, -0.05) is 68.9 Å². The Morgan fingerprint density at radius 1 is 0.825 bits per heavy atom. The number of rotatable bonds is 8. The largest absolute Gasteiger partial charge is 0.508 e. The summed E-state index contributed by atoms with van der Waals surface area (Å²) in [6, 6.07) is 14.1. The lowest BCUT2D eigenvalue weighted by Crippen LogP contribution is -2.55. The zero-order valence-electron chi connectivity index (χ0n) is 22.7. The van der Waals surface area contributed by atoms with Gasteiger partial charge in [0.25, 0.3) is 11.8 Å². The smallest absolute Gasteiger partial charge is 0.324 e. The highest BCUT2D eigenvalue weighted by molar-refractivity contribution is 6.06. The number of carbonyl (C=O) groups is 4. The number of urea groups is 1. The van der Waals surface area contributed by atoms with Crippen LogP contribution in [-0.2, 0) is 9.59 Å². The van der Waals surface area contributed by atoms with Gasteiger partial charge in [0.15, 0.2) is 0 Å². The summed E-state index contributed by atoms with van der Waals surface area (Å²) in [6.07, 6.45) is 11.0. The first-order valence-corrected chi connectivity index (χ1v) is 14.2. The number of phenols is 1. The summed E-state index contributed by atoms with van der Waals surface area (Å²) in [6.45, 7) is -0.387. The second kappa shape index (κ2) is 14.3. The van der Waals surface area contributed by atoms with E-state index >= 15 is 0 Å². The average Bonchev–Trinajstić information content (AvgIpc) is 2.98. The lowest BCUT2D eigenvalue weighted by molar-refractivity contribution is -0.131. The standard InChI is InChI=1S/C31H38N4O5/c36-26-18-16-22(17-19-26)20-27(34-29(38)23-10-4-1-5-11-23)30(39)32-21-28(37)35(25-14-8-3-9-15-25)31(40)33-24-12-6-2-7-13-24/h1,4-5,10-11,16-20,24-25,36H,2-3,6-9,12-15,21H2,(H,32,39)(H,33,40)(H,34,38)/b27-20+. The zero-order chi connectivity index (χ0) is 28.3. The maximum Gasteiger partial charge on any atom is 0.324 e. The maximum atomic E-state index is 13.4. The van der Waals surface area contributed by atoms with E-state index in [1.807, 2.05) is 0 Å². The lowest BCUT2D eigenvalue weighted by Gasteiger charge is -2.34. The van der Waals surface area contributed by atoms with Crippen LogP contribution in [0.3, 0.4) is 0 Å². The molecule has 9 nitrogen and oxygen atoms in total. The number of nitrogens with one attached hydrogen (secondary N) is 3. The fraction of sp³-hybridized carbons (Fsp3) is 0.419. The Bertz CT molecular complexity index is 1200. The number of nitrogens with zero attached hydrogens (tertiary/aromatic N) is 1. The van der Waals surface area contributed by atoms with Crippen molar-refractivity contribution in [1.82, 2.24) is 20.9 Å². The Labute approximate surface area is 235 Å². The molecule has 2 aliphatic carbocycles. The number of benzene rings is 2. The summed E-state index contributed by atoms with van der Waals surface area (Å²) < 4.78 is 0. The van der Waals surface area contributed by atoms with Gasteiger partial charge in [0.05, 0.1) is 6.54 Å². The normalized spacial score (nSPS) is 16.6. The summed E-state index contributed by atoms with van der Waals surface area (Å²) in [5, 5.41) is 17.9. The predicted molar refractivity (Wildman–Crippen MR) is 152 cm³/mol. The summed E-state index contributed by atoms with van der Waals surface area (Å²) in [7, 11) is 0. The summed E-state index contributed by atoms with van der Waals surface area (Å²) >= 11 is 0. The number of hydrogen-bond donors (Lipinski definition) is 4. The van der Waals surface area contributed by atoms with Gasteiger partial charge in [0, 0.05) is 17.6 Å². The Morgan fingerprint density at radius 2 is 1.45 bits per heavy atom. The van der Waals surface area contributed by atoms with Crippen molar-refractivity contribution in [3.63, 3.8) is 0 Å². The topological polar surface area (TPSA) is 128 Å². The highest BCUT2D eigenvalue weighted by atomic mass is 16.3. The summed E-state index contributed by atoms with van der Waals surface area (Å²) in [5.41, 5.74) is 0.868. The number of imide groups is 1. The van der Waals surface area contributed by atoms with Crippen LogP contribution in [0.25, 0.3) is 6.08 Å². The fourth-order valence-electron chi connectivity index (χ4n) is 5.33. The number of hydrogen-bond acceptors (Lipinski definition) is 5. The van der Waals surface area contributed by atoms with Crippen LogP contribution >= 0.6 is 0 Å². The molecule has 0 aliphatic heterocycles. The van der Waals surface area contributed by atoms with Crippen LogP contribution in [0.1, 0.15) is 80.1 Å². The number of amides is 5. The molecule has 5 amide bonds. The summed E-state index contributed by atoms with van der Waals surface area (Å²) in [4.78, 5) is 54.1. The highest BCUT2D eigenvalue weighted by Gasteiger charge is 2.32. The van der Waals surface area contributed by atoms with E-state index in [9.17, 15) is 24.3 Å². The van der Waals surface area contributed by atoms with Gasteiger partial charge in [-0.2, -0.15) is 0 Å². The molecule has 0 bridgehead atoms. The second-order valence-corrected chi connectivity index (χ2v) is 10.5. The minimum Gasteiger partial charge on any atom is -0.508 e. The van der Waals surface area contributed by atoms with Crippen molar-refractivity contribution < 1.29 is 24.3 Å². The SMILES string of the molecule is O=C(NCC(=O)N(C(=O)NC1CCCCC1)C1CCCCC1)/C(=C\c1ccc(O)cc1)NC(=O)c1ccccc1. The van der Waals surface area contributed by atoms with Gasteiger partial charge in [-0.15, -0.1) is 0 Å². The first-order chi connectivity index (χ1) is 19.4. The molecule has 4 N–H and O–H groups in total.